The van der Waals surface area contributed by atoms with Crippen LogP contribution >= 0.6 is 0 Å². The van der Waals surface area contributed by atoms with Crippen LogP contribution in [0.25, 0.3) is 33.5 Å². The molecule has 3 aromatic carbocycles. The van der Waals surface area contributed by atoms with E-state index in [1.807, 2.05) is 49.4 Å². The molecule has 0 atom stereocenters. The molecular weight excluding hydrogens is 509 g/mol. The van der Waals surface area contributed by atoms with Gasteiger partial charge in [0.05, 0.1) is 16.2 Å². The largest absolute Gasteiger partial charge is 0.416 e. The molecule has 38 heavy (non-hydrogen) atoms. The summed E-state index contributed by atoms with van der Waals surface area (Å²) < 4.78 is 67.4. The predicted molar refractivity (Wildman–Crippen MR) is 145 cm³/mol. The summed E-state index contributed by atoms with van der Waals surface area (Å²) >= 11 is 0. The van der Waals surface area contributed by atoms with Gasteiger partial charge in [-0.3, -0.25) is 4.98 Å². The third kappa shape index (κ3) is 6.49. The fraction of sp³-hybridized carbons (Fsp3) is 0.233. The number of nitrogens with one attached hydrogen (secondary N) is 1. The van der Waals surface area contributed by atoms with E-state index >= 15 is 0 Å². The molecule has 0 aliphatic heterocycles. The first-order valence-electron chi connectivity index (χ1n) is 12.2. The average molecular weight is 539 g/mol. The molecule has 8 heteroatoms. The van der Waals surface area contributed by atoms with E-state index in [9.17, 15) is 21.6 Å². The Labute approximate surface area is 221 Å². The van der Waals surface area contributed by atoms with E-state index in [-0.39, 0.29) is 4.90 Å². The maximum absolute atomic E-state index is 13.0. The smallest absolute Gasteiger partial charge is 0.253 e. The van der Waals surface area contributed by atoms with Crippen molar-refractivity contribution in [3.63, 3.8) is 0 Å². The molecule has 0 bridgehead atoms. The van der Waals surface area contributed by atoms with Gasteiger partial charge >= 0.3 is 6.18 Å². The molecule has 0 saturated carbocycles. The number of nitrogens with zero attached hydrogens (tertiary/aromatic N) is 1. The van der Waals surface area contributed by atoms with Gasteiger partial charge in [0.15, 0.2) is 0 Å². The van der Waals surface area contributed by atoms with E-state index in [1.165, 1.54) is 12.1 Å². The van der Waals surface area contributed by atoms with Crippen LogP contribution in [0.15, 0.2) is 89.8 Å². The molecule has 4 rings (SSSR count). The van der Waals surface area contributed by atoms with E-state index in [2.05, 4.69) is 4.72 Å². The zero-order valence-corrected chi connectivity index (χ0v) is 22.4. The highest BCUT2D eigenvalue weighted by atomic mass is 32.2. The Bertz CT molecular complexity index is 1560. The summed E-state index contributed by atoms with van der Waals surface area (Å²) in [5.74, 6) is 0. The Balaban J connectivity index is 1.72. The van der Waals surface area contributed by atoms with Gasteiger partial charge in [-0.05, 0) is 91.9 Å². The number of hydrogen-bond acceptors (Lipinski definition) is 3. The van der Waals surface area contributed by atoms with Gasteiger partial charge < -0.3 is 0 Å². The maximum Gasteiger partial charge on any atom is 0.416 e. The normalized spacial score (nSPS) is 12.5. The SMILES string of the molecule is CCc1cc(-c2ccc(C(F)(F)F)cc2)cc(-c2cccc(-c3cccc(S(=O)(=O)NC(C)(C)C)c3)c2)n1. The molecule has 4 nitrogen and oxygen atoms in total. The minimum Gasteiger partial charge on any atom is -0.253 e. The van der Waals surface area contributed by atoms with Crippen LogP contribution in [0.1, 0.15) is 39.0 Å². The summed E-state index contributed by atoms with van der Waals surface area (Å²) in [4.78, 5) is 4.92. The van der Waals surface area contributed by atoms with Crippen molar-refractivity contribution >= 4 is 10.0 Å². The first-order chi connectivity index (χ1) is 17.7. The second-order valence-corrected chi connectivity index (χ2v) is 11.8. The first-order valence-corrected chi connectivity index (χ1v) is 13.7. The third-order valence-corrected chi connectivity index (χ3v) is 7.62. The number of alkyl halides is 3. The molecule has 1 heterocycles. The lowest BCUT2D eigenvalue weighted by Crippen LogP contribution is -2.40. The molecule has 0 saturated heterocycles. The van der Waals surface area contributed by atoms with Crippen LogP contribution in [0.5, 0.6) is 0 Å². The van der Waals surface area contributed by atoms with Crippen LogP contribution in [0.2, 0.25) is 0 Å². The molecule has 0 spiro atoms. The van der Waals surface area contributed by atoms with Crippen LogP contribution in [0.3, 0.4) is 0 Å². The van der Waals surface area contributed by atoms with Crippen molar-refractivity contribution in [2.75, 3.05) is 0 Å². The van der Waals surface area contributed by atoms with Crippen molar-refractivity contribution in [3.05, 3.63) is 96.2 Å². The Morgan fingerprint density at radius 1 is 0.737 bits per heavy atom. The summed E-state index contributed by atoms with van der Waals surface area (Å²) in [5.41, 5.74) is 3.98. The van der Waals surface area contributed by atoms with E-state index in [4.69, 9.17) is 4.98 Å². The summed E-state index contributed by atoms with van der Waals surface area (Å²) in [5, 5.41) is 0. The number of rotatable bonds is 6. The molecule has 4 aromatic rings. The quantitative estimate of drug-likeness (QED) is 0.273. The third-order valence-electron chi connectivity index (χ3n) is 5.86. The number of benzene rings is 3. The lowest BCUT2D eigenvalue weighted by atomic mass is 9.98. The number of halogens is 3. The molecule has 0 amide bonds. The topological polar surface area (TPSA) is 59.1 Å². The Kier molecular flexibility index (Phi) is 7.50. The minimum atomic E-state index is -4.39. The summed E-state index contributed by atoms with van der Waals surface area (Å²) in [6.07, 6.45) is -3.74. The summed E-state index contributed by atoms with van der Waals surface area (Å²) in [7, 11) is -3.70. The highest BCUT2D eigenvalue weighted by Crippen LogP contribution is 2.33. The second-order valence-electron chi connectivity index (χ2n) is 10.1. The second kappa shape index (κ2) is 10.3. The number of pyridine rings is 1. The van der Waals surface area contributed by atoms with E-state index < -0.39 is 27.3 Å². The van der Waals surface area contributed by atoms with Gasteiger partial charge in [-0.1, -0.05) is 49.4 Å². The van der Waals surface area contributed by atoms with Crippen LogP contribution < -0.4 is 4.72 Å². The molecule has 0 radical (unpaired) electrons. The van der Waals surface area contributed by atoms with Crippen LogP contribution in [0.4, 0.5) is 13.2 Å². The molecular formula is C30H29F3N2O2S. The maximum atomic E-state index is 13.0. The summed E-state index contributed by atoms with van der Waals surface area (Å²) in [6, 6.07) is 23.2. The van der Waals surface area contributed by atoms with Gasteiger partial charge in [-0.15, -0.1) is 0 Å². The fourth-order valence-corrected chi connectivity index (χ4v) is 5.56. The van der Waals surface area contributed by atoms with E-state index in [0.29, 0.717) is 17.7 Å². The molecule has 0 aliphatic rings. The lowest BCUT2D eigenvalue weighted by molar-refractivity contribution is -0.137. The van der Waals surface area contributed by atoms with Crippen molar-refractivity contribution in [3.8, 4) is 33.5 Å². The van der Waals surface area contributed by atoms with Crippen molar-refractivity contribution < 1.29 is 21.6 Å². The Morgan fingerprint density at radius 2 is 1.34 bits per heavy atom. The number of aromatic nitrogens is 1. The highest BCUT2D eigenvalue weighted by molar-refractivity contribution is 7.89. The lowest BCUT2D eigenvalue weighted by Gasteiger charge is -2.20. The first kappa shape index (κ1) is 27.5. The number of sulfonamides is 1. The average Bonchev–Trinajstić information content (AvgIpc) is 2.87. The summed E-state index contributed by atoms with van der Waals surface area (Å²) in [6.45, 7) is 7.33. The van der Waals surface area contributed by atoms with Crippen molar-refractivity contribution in [1.82, 2.24) is 9.71 Å². The number of aryl methyl sites for hydroxylation is 1. The highest BCUT2D eigenvalue weighted by Gasteiger charge is 2.30. The van der Waals surface area contributed by atoms with Gasteiger partial charge in [-0.25, -0.2) is 13.1 Å². The van der Waals surface area contributed by atoms with E-state index in [0.717, 1.165) is 40.1 Å². The van der Waals surface area contributed by atoms with Gasteiger partial charge in [0.1, 0.15) is 0 Å². The predicted octanol–water partition coefficient (Wildman–Crippen LogP) is 7.74. The number of hydrogen-bond donors (Lipinski definition) is 1. The Hall–Kier alpha value is -3.49. The Morgan fingerprint density at radius 3 is 1.95 bits per heavy atom. The van der Waals surface area contributed by atoms with Crippen LogP contribution in [-0.4, -0.2) is 18.9 Å². The van der Waals surface area contributed by atoms with Gasteiger partial charge in [0, 0.05) is 16.8 Å². The van der Waals surface area contributed by atoms with Gasteiger partial charge in [-0.2, -0.15) is 13.2 Å². The fourth-order valence-electron chi connectivity index (χ4n) is 4.10. The molecule has 1 N–H and O–H groups in total. The van der Waals surface area contributed by atoms with Gasteiger partial charge in [0.2, 0.25) is 10.0 Å². The molecule has 1 aromatic heterocycles. The van der Waals surface area contributed by atoms with E-state index in [1.54, 1.807) is 39.0 Å². The molecule has 0 aliphatic carbocycles. The van der Waals surface area contributed by atoms with Crippen LogP contribution in [0, 0.1) is 0 Å². The zero-order valence-electron chi connectivity index (χ0n) is 21.6. The van der Waals surface area contributed by atoms with Crippen molar-refractivity contribution in [2.24, 2.45) is 0 Å². The van der Waals surface area contributed by atoms with Crippen molar-refractivity contribution in [1.29, 1.82) is 0 Å². The molecule has 0 unspecified atom stereocenters. The standard InChI is InChI=1S/C30H29F3N2O2S/c1-5-26-17-24(20-12-14-25(15-13-20)30(31,32)33)19-28(34-26)23-10-6-8-21(16-23)22-9-7-11-27(18-22)38(36,37)35-29(2,3)4/h6-19,35H,5H2,1-4H3. The zero-order chi connectivity index (χ0) is 27.7. The monoisotopic (exact) mass is 538 g/mol. The molecule has 198 valence electrons. The van der Waals surface area contributed by atoms with Crippen LogP contribution in [-0.2, 0) is 22.6 Å². The van der Waals surface area contributed by atoms with Gasteiger partial charge in [0.25, 0.3) is 0 Å². The molecule has 0 fully saturated rings. The van der Waals surface area contributed by atoms with Crippen molar-refractivity contribution in [2.45, 2.75) is 50.7 Å². The minimum absolute atomic E-state index is 0.172.